The lowest BCUT2D eigenvalue weighted by Gasteiger charge is -2.13. The number of pyridine rings is 2. The summed E-state index contributed by atoms with van der Waals surface area (Å²) in [6, 6.07) is 14.3. The fourth-order valence-electron chi connectivity index (χ4n) is 7.22. The molecule has 0 amide bonds. The summed E-state index contributed by atoms with van der Waals surface area (Å²) in [5.74, 6) is -0.831. The van der Waals surface area contributed by atoms with Gasteiger partial charge in [0.05, 0.1) is 53.6 Å². The Bertz CT molecular complexity index is 2670. The Kier molecular flexibility index (Phi) is 13.3. The second kappa shape index (κ2) is 18.3. The lowest BCUT2D eigenvalue weighted by Crippen LogP contribution is -2.15. The summed E-state index contributed by atoms with van der Waals surface area (Å²) >= 11 is 0. The first-order chi connectivity index (χ1) is 29.3. The van der Waals surface area contributed by atoms with Crippen molar-refractivity contribution in [3.63, 3.8) is 0 Å². The number of carboxylic acids is 1. The Morgan fingerprint density at radius 3 is 1.53 bits per heavy atom. The molecule has 15 heteroatoms. The molecule has 4 aromatic heterocycles. The molecule has 7 rings (SSSR count). The van der Waals surface area contributed by atoms with Crippen LogP contribution in [0.4, 0.5) is 37.7 Å². The first-order valence-corrected chi connectivity index (χ1v) is 20.2. The van der Waals surface area contributed by atoms with Crippen molar-refractivity contribution in [3.8, 4) is 22.5 Å². The van der Waals surface area contributed by atoms with Crippen molar-refractivity contribution in [2.75, 3.05) is 23.7 Å². The number of Topliss-reactive ketones (excluding diaryl/α,β-unsaturated/α-hetero) is 1. The number of hydrogen-bond acceptors (Lipinski definition) is 6. The number of nitrogens with zero attached hydrogens (tertiary/aromatic N) is 4. The van der Waals surface area contributed by atoms with Crippen LogP contribution in [0.25, 0.3) is 46.0 Å². The fraction of sp³-hybridized carbons (Fsp3) is 0.319. The number of alkyl halides is 6. The van der Waals surface area contributed by atoms with Gasteiger partial charge in [0.15, 0.2) is 17.1 Å². The van der Waals surface area contributed by atoms with Crippen LogP contribution in [-0.2, 0) is 0 Å². The van der Waals surface area contributed by atoms with E-state index < -0.39 is 31.2 Å². The number of anilines is 2. The molecular weight excluding hydrogens is 811 g/mol. The summed E-state index contributed by atoms with van der Waals surface area (Å²) in [5.41, 5.74) is 9.55. The van der Waals surface area contributed by atoms with Gasteiger partial charge in [-0.1, -0.05) is 49.4 Å². The van der Waals surface area contributed by atoms with E-state index in [9.17, 15) is 41.0 Å². The van der Waals surface area contributed by atoms with Crippen molar-refractivity contribution in [2.24, 2.45) is 5.41 Å². The van der Waals surface area contributed by atoms with Crippen molar-refractivity contribution < 1.29 is 41.0 Å². The van der Waals surface area contributed by atoms with Gasteiger partial charge in [0.1, 0.15) is 0 Å². The Hall–Kier alpha value is -6.38. The average Bonchev–Trinajstić information content (AvgIpc) is 3.53. The molecule has 326 valence electrons. The van der Waals surface area contributed by atoms with Crippen molar-refractivity contribution in [1.29, 1.82) is 0 Å². The maximum absolute atomic E-state index is 12.7. The third-order valence-electron chi connectivity index (χ3n) is 10.7. The molecule has 6 aromatic rings. The zero-order valence-electron chi connectivity index (χ0n) is 35.0. The van der Waals surface area contributed by atoms with Crippen LogP contribution < -0.4 is 10.6 Å². The molecule has 1 aliphatic carbocycles. The second-order valence-corrected chi connectivity index (χ2v) is 15.9. The summed E-state index contributed by atoms with van der Waals surface area (Å²) in [6.45, 7) is 9.05. The predicted molar refractivity (Wildman–Crippen MR) is 232 cm³/mol. The lowest BCUT2D eigenvalue weighted by molar-refractivity contribution is -0.132. The molecule has 4 heterocycles. The Morgan fingerprint density at radius 2 is 1.16 bits per heavy atom. The number of benzene rings is 2. The van der Waals surface area contributed by atoms with Gasteiger partial charge in [-0.25, -0.2) is 14.8 Å². The third-order valence-corrected chi connectivity index (χ3v) is 10.7. The van der Waals surface area contributed by atoms with E-state index in [0.717, 1.165) is 51.9 Å². The van der Waals surface area contributed by atoms with E-state index in [-0.39, 0.29) is 29.9 Å². The number of hydrogen-bond donors (Lipinski definition) is 3. The number of aromatic carboxylic acids is 1. The number of allylic oxidation sites excluding steroid dienone is 2. The van der Waals surface area contributed by atoms with Crippen LogP contribution in [0.2, 0.25) is 0 Å². The van der Waals surface area contributed by atoms with E-state index >= 15 is 0 Å². The van der Waals surface area contributed by atoms with Gasteiger partial charge in [-0.2, -0.15) is 26.3 Å². The van der Waals surface area contributed by atoms with Gasteiger partial charge >= 0.3 is 18.3 Å². The highest BCUT2D eigenvalue weighted by Gasteiger charge is 2.39. The molecule has 9 nitrogen and oxygen atoms in total. The molecule has 0 atom stereocenters. The monoisotopic (exact) mass is 858 g/mol. The number of ketones is 1. The fourth-order valence-corrected chi connectivity index (χ4v) is 7.22. The number of aryl methyl sites for hydroxylation is 2. The molecule has 0 spiro atoms. The molecule has 1 fully saturated rings. The van der Waals surface area contributed by atoms with E-state index in [1.165, 1.54) is 6.07 Å². The third kappa shape index (κ3) is 11.1. The number of rotatable bonds is 14. The molecule has 1 aliphatic rings. The minimum Gasteiger partial charge on any atom is -0.478 e. The number of carbonyl (C=O) groups excluding carboxylic acids is 1. The molecule has 0 saturated heterocycles. The Balaban J connectivity index is 0.000000209. The maximum atomic E-state index is 12.7. The van der Waals surface area contributed by atoms with Gasteiger partial charge < -0.3 is 15.7 Å². The molecule has 0 bridgehead atoms. The highest BCUT2D eigenvalue weighted by molar-refractivity contribution is 5.98. The van der Waals surface area contributed by atoms with E-state index in [1.807, 2.05) is 80.1 Å². The number of fused-ring (bicyclic) bond motifs is 2. The predicted octanol–water partition coefficient (Wildman–Crippen LogP) is 12.5. The Labute approximate surface area is 355 Å². The first kappa shape index (κ1) is 45.2. The van der Waals surface area contributed by atoms with Crippen LogP contribution in [0.3, 0.4) is 0 Å². The molecule has 0 unspecified atom stereocenters. The quantitative estimate of drug-likeness (QED) is 0.0738. The minimum absolute atomic E-state index is 0.155. The SMILES string of the molecule is C/C=C/c1cc(NCCC(F)(F)F)c2ncc(-c3ccc(C(=O)CC4(C)CC4)c(C)c3)n2c1.C/C=C/c1cc(NCCC(F)(F)F)c2ncc(-c3ccc(C(=O)O)c(C)c3)n2c1. The standard InChI is InChI=1S/C26H28F3N3O.C21H20F3N3O2/c1-4-5-18-13-21(30-11-10-26(27,28)29)24-31-15-22(32(24)16-18)19-6-7-20(17(2)12-19)23(33)14-25(3)8-9-25;1-3-4-14-10-17(25-8-7-21(22,23)24)19-26-11-18(27(19)12-14)15-5-6-16(20(28)29)13(2)9-15/h4-7,12-13,15-16,30H,8-11,14H2,1-3H3;3-6,9-12,25H,7-8H2,1-2H3,(H,28,29)/b5-4+;4-3+. The van der Waals surface area contributed by atoms with Crippen LogP contribution in [0.1, 0.15) is 95.8 Å². The molecular formula is C47H48F6N6O3. The van der Waals surface area contributed by atoms with E-state index in [0.29, 0.717) is 40.3 Å². The van der Waals surface area contributed by atoms with E-state index in [2.05, 4.69) is 27.5 Å². The number of nitrogens with one attached hydrogen (secondary N) is 2. The summed E-state index contributed by atoms with van der Waals surface area (Å²) < 4.78 is 79.1. The minimum atomic E-state index is -4.24. The van der Waals surface area contributed by atoms with Crippen LogP contribution in [0.15, 0.2) is 85.5 Å². The highest BCUT2D eigenvalue weighted by Crippen LogP contribution is 2.49. The van der Waals surface area contributed by atoms with Crippen LogP contribution >= 0.6 is 0 Å². The van der Waals surface area contributed by atoms with Crippen LogP contribution in [0, 0.1) is 19.3 Å². The smallest absolute Gasteiger partial charge is 0.390 e. The molecule has 0 aliphatic heterocycles. The molecule has 2 aromatic carbocycles. The van der Waals surface area contributed by atoms with Gasteiger partial charge in [0, 0.05) is 48.6 Å². The van der Waals surface area contributed by atoms with Gasteiger partial charge in [0.25, 0.3) is 0 Å². The average molecular weight is 859 g/mol. The molecule has 0 radical (unpaired) electrons. The highest BCUT2D eigenvalue weighted by atomic mass is 19.4. The number of carboxylic acid groups (broad SMARTS) is 1. The summed E-state index contributed by atoms with van der Waals surface area (Å²) in [4.78, 5) is 32.9. The number of carbonyl (C=O) groups is 2. The van der Waals surface area contributed by atoms with Crippen molar-refractivity contribution in [1.82, 2.24) is 18.8 Å². The van der Waals surface area contributed by atoms with E-state index in [4.69, 9.17) is 0 Å². The van der Waals surface area contributed by atoms with Crippen molar-refractivity contribution >= 4 is 46.6 Å². The van der Waals surface area contributed by atoms with Crippen LogP contribution in [0.5, 0.6) is 0 Å². The maximum Gasteiger partial charge on any atom is 0.390 e. The number of aromatic nitrogens is 4. The van der Waals surface area contributed by atoms with Gasteiger partial charge in [0.2, 0.25) is 0 Å². The van der Waals surface area contributed by atoms with Crippen LogP contribution in [-0.4, -0.2) is 61.1 Å². The van der Waals surface area contributed by atoms with Gasteiger partial charge in [-0.15, -0.1) is 0 Å². The normalized spacial score (nSPS) is 13.8. The van der Waals surface area contributed by atoms with Gasteiger partial charge in [-0.05, 0) is 98.5 Å². The van der Waals surface area contributed by atoms with E-state index in [1.54, 1.807) is 48.0 Å². The summed E-state index contributed by atoms with van der Waals surface area (Å²) in [6.07, 6.45) is 6.98. The van der Waals surface area contributed by atoms with Crippen molar-refractivity contribution in [2.45, 2.75) is 79.1 Å². The number of halogens is 6. The van der Waals surface area contributed by atoms with Crippen molar-refractivity contribution in [3.05, 3.63) is 119 Å². The zero-order chi connectivity index (χ0) is 45.0. The summed E-state index contributed by atoms with van der Waals surface area (Å²) in [5, 5.41) is 14.9. The summed E-state index contributed by atoms with van der Waals surface area (Å²) in [7, 11) is 0. The molecule has 62 heavy (non-hydrogen) atoms. The molecule has 3 N–H and O–H groups in total. The first-order valence-electron chi connectivity index (χ1n) is 20.2. The second-order valence-electron chi connectivity index (χ2n) is 15.9. The lowest BCUT2D eigenvalue weighted by atomic mass is 9.93. The number of imidazole rings is 2. The Morgan fingerprint density at radius 1 is 0.726 bits per heavy atom. The molecule has 1 saturated carbocycles. The largest absolute Gasteiger partial charge is 0.478 e. The van der Waals surface area contributed by atoms with Gasteiger partial charge in [-0.3, -0.25) is 13.6 Å². The zero-order valence-corrected chi connectivity index (χ0v) is 35.0. The topological polar surface area (TPSA) is 113 Å².